The number of carbonyl (C=O) groups excluding carboxylic acids is 2. The summed E-state index contributed by atoms with van der Waals surface area (Å²) < 4.78 is 0. The van der Waals surface area contributed by atoms with Crippen LogP contribution in [0.15, 0.2) is 30.0 Å². The highest BCUT2D eigenvalue weighted by molar-refractivity contribution is 6.00. The van der Waals surface area contributed by atoms with Crippen molar-refractivity contribution in [3.05, 3.63) is 35.7 Å². The van der Waals surface area contributed by atoms with E-state index in [4.69, 9.17) is 4.84 Å². The molecule has 1 aromatic rings. The maximum atomic E-state index is 11.8. The molecule has 0 aliphatic rings. The number of nitrogens with zero attached hydrogens (tertiary/aromatic N) is 2. The van der Waals surface area contributed by atoms with E-state index in [9.17, 15) is 9.59 Å². The molecule has 0 atom stereocenters. The van der Waals surface area contributed by atoms with E-state index in [1.165, 1.54) is 7.11 Å². The molecule has 0 saturated heterocycles. The van der Waals surface area contributed by atoms with Crippen molar-refractivity contribution in [1.82, 2.24) is 10.0 Å². The molecule has 0 radical (unpaired) electrons. The lowest BCUT2D eigenvalue weighted by Crippen LogP contribution is -2.31. The molecule has 1 heterocycles. The van der Waals surface area contributed by atoms with Crippen LogP contribution in [0.2, 0.25) is 0 Å². The molecular weight excluding hydrogens is 220 g/mol. The van der Waals surface area contributed by atoms with Crippen LogP contribution >= 0.6 is 0 Å². The molecule has 90 valence electrons. The highest BCUT2D eigenvalue weighted by atomic mass is 16.7. The van der Waals surface area contributed by atoms with Crippen molar-refractivity contribution >= 4 is 11.8 Å². The number of aromatic nitrogens is 1. The van der Waals surface area contributed by atoms with Crippen molar-refractivity contribution in [3.63, 3.8) is 0 Å². The summed E-state index contributed by atoms with van der Waals surface area (Å²) in [5.41, 5.74) is 0.652. The average Bonchev–Trinajstić information content (AvgIpc) is 2.38. The number of carbonyl (C=O) groups is 1. The normalized spacial score (nSPS) is 9.53. The lowest BCUT2D eigenvalue weighted by Gasteiger charge is -2.17. The zero-order valence-corrected chi connectivity index (χ0v) is 9.84. The first kappa shape index (κ1) is 13.1. The Morgan fingerprint density at radius 2 is 2.29 bits per heavy atom. The van der Waals surface area contributed by atoms with Crippen molar-refractivity contribution in [3.8, 4) is 0 Å². The van der Waals surface area contributed by atoms with Crippen molar-refractivity contribution in [2.75, 3.05) is 13.7 Å². The lowest BCUT2D eigenvalue weighted by atomic mass is 10.1. The van der Waals surface area contributed by atoms with E-state index >= 15 is 0 Å². The summed E-state index contributed by atoms with van der Waals surface area (Å²) in [6.45, 7) is 2.12. The van der Waals surface area contributed by atoms with Gasteiger partial charge < -0.3 is 0 Å². The van der Waals surface area contributed by atoms with E-state index in [2.05, 4.69) is 4.98 Å². The van der Waals surface area contributed by atoms with Gasteiger partial charge in [-0.2, -0.15) is 0 Å². The zero-order valence-electron chi connectivity index (χ0n) is 9.84. The maximum Gasteiger partial charge on any atom is 0.284 e. The standard InChI is InChI=1S/C12H14N2O3/c1-3-14(17-2)12(16)10(9-15)8-11-6-4-5-7-13-11/h4-7H,3,8H2,1-2H3. The second-order valence-electron chi connectivity index (χ2n) is 3.26. The van der Waals surface area contributed by atoms with Crippen LogP contribution in [0.4, 0.5) is 0 Å². The van der Waals surface area contributed by atoms with Gasteiger partial charge in [-0.3, -0.25) is 14.6 Å². The highest BCUT2D eigenvalue weighted by Crippen LogP contribution is 2.06. The van der Waals surface area contributed by atoms with Gasteiger partial charge in [0.2, 0.25) is 0 Å². The van der Waals surface area contributed by atoms with Crippen molar-refractivity contribution in [2.24, 2.45) is 0 Å². The maximum absolute atomic E-state index is 11.8. The summed E-state index contributed by atoms with van der Waals surface area (Å²) in [6.07, 6.45) is 1.76. The predicted molar refractivity (Wildman–Crippen MR) is 61.5 cm³/mol. The molecule has 1 aromatic heterocycles. The Labute approximate surface area is 99.7 Å². The zero-order chi connectivity index (χ0) is 12.7. The van der Waals surface area contributed by atoms with E-state index in [0.29, 0.717) is 12.2 Å². The molecule has 5 nitrogen and oxygen atoms in total. The van der Waals surface area contributed by atoms with Gasteiger partial charge >= 0.3 is 0 Å². The summed E-state index contributed by atoms with van der Waals surface area (Å²) in [6, 6.07) is 5.31. The van der Waals surface area contributed by atoms with Crippen LogP contribution in [0, 0.1) is 0 Å². The molecule has 0 spiro atoms. The van der Waals surface area contributed by atoms with Gasteiger partial charge in [0, 0.05) is 24.9 Å². The fraction of sp³-hybridized carbons (Fsp3) is 0.333. The Kier molecular flexibility index (Phi) is 5.07. The van der Waals surface area contributed by atoms with Gasteiger partial charge in [-0.25, -0.2) is 9.86 Å². The monoisotopic (exact) mass is 234 g/mol. The first-order valence-corrected chi connectivity index (χ1v) is 5.22. The van der Waals surface area contributed by atoms with Crippen LogP contribution in [0.25, 0.3) is 0 Å². The predicted octanol–water partition coefficient (Wildman–Crippen LogP) is 0.792. The number of hydrogen-bond donors (Lipinski definition) is 0. The SMILES string of the molecule is CCN(OC)C(=O)C(=C=O)Cc1ccccn1. The minimum atomic E-state index is -0.476. The largest absolute Gasteiger partial charge is 0.284 e. The summed E-state index contributed by atoms with van der Waals surface area (Å²) in [5.74, 6) is 1.18. The van der Waals surface area contributed by atoms with Crippen LogP contribution in [0.3, 0.4) is 0 Å². The van der Waals surface area contributed by atoms with Crippen LogP contribution in [-0.2, 0) is 20.8 Å². The van der Waals surface area contributed by atoms with Gasteiger partial charge in [0.05, 0.1) is 7.11 Å². The molecule has 5 heteroatoms. The molecule has 1 amide bonds. The average molecular weight is 234 g/mol. The Bertz CT molecular complexity index is 421. The molecule has 0 aliphatic heterocycles. The third kappa shape index (κ3) is 3.52. The minimum Gasteiger partial charge on any atom is -0.274 e. The third-order valence-electron chi connectivity index (χ3n) is 2.20. The number of likely N-dealkylation sites (N-methyl/N-ethyl adjacent to an activating group) is 1. The number of hydrogen-bond acceptors (Lipinski definition) is 4. The third-order valence-corrected chi connectivity index (χ3v) is 2.20. The van der Waals surface area contributed by atoms with Crippen LogP contribution in [0.1, 0.15) is 12.6 Å². The Hall–Kier alpha value is -1.97. The fourth-order valence-electron chi connectivity index (χ4n) is 1.35. The number of amides is 1. The summed E-state index contributed by atoms with van der Waals surface area (Å²) in [5, 5.41) is 1.10. The van der Waals surface area contributed by atoms with Gasteiger partial charge in [-0.05, 0) is 19.1 Å². The molecule has 0 unspecified atom stereocenters. The lowest BCUT2D eigenvalue weighted by molar-refractivity contribution is -0.170. The van der Waals surface area contributed by atoms with Crippen LogP contribution in [-0.4, -0.2) is 35.6 Å². The van der Waals surface area contributed by atoms with Gasteiger partial charge in [0.15, 0.2) is 0 Å². The number of pyridine rings is 1. The second kappa shape index (κ2) is 6.58. The Balaban J connectivity index is 2.81. The molecule has 1 rings (SSSR count). The van der Waals surface area contributed by atoms with Crippen LogP contribution < -0.4 is 0 Å². The molecular formula is C12H14N2O3. The highest BCUT2D eigenvalue weighted by Gasteiger charge is 2.18. The fourth-order valence-corrected chi connectivity index (χ4v) is 1.35. The van der Waals surface area contributed by atoms with E-state index in [1.807, 2.05) is 0 Å². The molecule has 17 heavy (non-hydrogen) atoms. The molecule has 0 bridgehead atoms. The summed E-state index contributed by atoms with van der Waals surface area (Å²) in [7, 11) is 1.38. The minimum absolute atomic E-state index is 0.00685. The topological polar surface area (TPSA) is 59.5 Å². The van der Waals surface area contributed by atoms with E-state index in [0.717, 1.165) is 5.06 Å². The second-order valence-corrected chi connectivity index (χ2v) is 3.26. The smallest absolute Gasteiger partial charge is 0.274 e. The van der Waals surface area contributed by atoms with E-state index in [-0.39, 0.29) is 12.0 Å². The van der Waals surface area contributed by atoms with Gasteiger partial charge in [-0.1, -0.05) is 6.07 Å². The van der Waals surface area contributed by atoms with Crippen molar-refractivity contribution < 1.29 is 14.4 Å². The van der Waals surface area contributed by atoms with Crippen molar-refractivity contribution in [2.45, 2.75) is 13.3 Å². The summed E-state index contributed by atoms with van der Waals surface area (Å²) in [4.78, 5) is 31.5. The quantitative estimate of drug-likeness (QED) is 0.429. The first-order valence-electron chi connectivity index (χ1n) is 5.22. The Morgan fingerprint density at radius 3 is 2.76 bits per heavy atom. The summed E-state index contributed by atoms with van der Waals surface area (Å²) >= 11 is 0. The van der Waals surface area contributed by atoms with E-state index in [1.54, 1.807) is 37.3 Å². The molecule has 0 saturated carbocycles. The van der Waals surface area contributed by atoms with Gasteiger partial charge in [-0.15, -0.1) is 0 Å². The number of rotatable bonds is 5. The Morgan fingerprint density at radius 1 is 1.53 bits per heavy atom. The number of hydroxylamine groups is 2. The molecule has 0 aromatic carbocycles. The molecule has 0 fully saturated rings. The first-order chi connectivity index (χ1) is 8.22. The molecule has 0 N–H and O–H groups in total. The van der Waals surface area contributed by atoms with Crippen LogP contribution in [0.5, 0.6) is 0 Å². The van der Waals surface area contributed by atoms with E-state index < -0.39 is 5.91 Å². The van der Waals surface area contributed by atoms with Gasteiger partial charge in [0.1, 0.15) is 11.5 Å². The van der Waals surface area contributed by atoms with Gasteiger partial charge in [0.25, 0.3) is 5.91 Å². The van der Waals surface area contributed by atoms with Crippen molar-refractivity contribution in [1.29, 1.82) is 0 Å². The molecule has 0 aliphatic carbocycles.